The monoisotopic (exact) mass is 442 g/mol. The van der Waals surface area contributed by atoms with Gasteiger partial charge >= 0.3 is 5.97 Å². The van der Waals surface area contributed by atoms with Gasteiger partial charge in [0.25, 0.3) is 5.91 Å². The highest BCUT2D eigenvalue weighted by molar-refractivity contribution is 8.00. The summed E-state index contributed by atoms with van der Waals surface area (Å²) < 4.78 is 10.5. The van der Waals surface area contributed by atoms with Crippen LogP contribution in [0.25, 0.3) is 0 Å². The number of carbonyl (C=O) groups is 3. The number of thioether (sulfide) groups is 1. The van der Waals surface area contributed by atoms with Gasteiger partial charge in [-0.3, -0.25) is 14.4 Å². The van der Waals surface area contributed by atoms with E-state index in [1.54, 1.807) is 34.7 Å². The van der Waals surface area contributed by atoms with E-state index < -0.39 is 0 Å². The Hall–Kier alpha value is -2.74. The molecule has 1 aromatic heterocycles. The molecule has 8 heteroatoms. The lowest BCUT2D eigenvalue weighted by Gasteiger charge is -2.31. The number of hydrogen-bond donors (Lipinski definition) is 0. The number of benzene rings is 1. The van der Waals surface area contributed by atoms with Gasteiger partial charge in [0.1, 0.15) is 11.1 Å². The molecule has 0 aliphatic carbocycles. The standard InChI is InChI=1S/C23H26N2O5S/c1-2-29-23(28)18-9-11-24(12-10-18)21(27)16-5-7-17(8-6-16)22-25(20(26)15-31-22)14-19-4-3-13-30-19/h3-8,13,18,22H,2,9-12,14-15H2,1H3/t22-/m0/s1. The fourth-order valence-corrected chi connectivity index (χ4v) is 5.21. The van der Waals surface area contributed by atoms with Gasteiger partial charge in [-0.1, -0.05) is 12.1 Å². The number of ether oxygens (including phenoxy) is 1. The first-order valence-electron chi connectivity index (χ1n) is 10.6. The van der Waals surface area contributed by atoms with Crippen molar-refractivity contribution in [2.45, 2.75) is 31.7 Å². The molecular weight excluding hydrogens is 416 g/mol. The molecule has 2 fully saturated rings. The molecule has 31 heavy (non-hydrogen) atoms. The van der Waals surface area contributed by atoms with Gasteiger partial charge in [-0.15, -0.1) is 11.8 Å². The first-order chi connectivity index (χ1) is 15.1. The lowest BCUT2D eigenvalue weighted by molar-refractivity contribution is -0.149. The summed E-state index contributed by atoms with van der Waals surface area (Å²) in [6.07, 6.45) is 2.87. The molecule has 2 aliphatic heterocycles. The first-order valence-corrected chi connectivity index (χ1v) is 11.6. The molecule has 0 N–H and O–H groups in total. The normalized spacial score (nSPS) is 19.6. The van der Waals surface area contributed by atoms with Gasteiger partial charge in [0.05, 0.1) is 31.1 Å². The van der Waals surface area contributed by atoms with Gasteiger partial charge in [0.15, 0.2) is 0 Å². The van der Waals surface area contributed by atoms with Crippen LogP contribution < -0.4 is 0 Å². The van der Waals surface area contributed by atoms with E-state index >= 15 is 0 Å². The molecule has 0 bridgehead atoms. The number of piperidine rings is 1. The highest BCUT2D eigenvalue weighted by Crippen LogP contribution is 2.39. The Balaban J connectivity index is 1.38. The molecule has 0 unspecified atom stereocenters. The number of hydrogen-bond acceptors (Lipinski definition) is 6. The molecule has 0 spiro atoms. The topological polar surface area (TPSA) is 80.1 Å². The molecule has 7 nitrogen and oxygen atoms in total. The molecule has 164 valence electrons. The summed E-state index contributed by atoms with van der Waals surface area (Å²) in [4.78, 5) is 40.7. The maximum atomic E-state index is 12.9. The van der Waals surface area contributed by atoms with E-state index in [4.69, 9.17) is 9.15 Å². The summed E-state index contributed by atoms with van der Waals surface area (Å²) in [6.45, 7) is 3.71. The highest BCUT2D eigenvalue weighted by atomic mass is 32.2. The molecular formula is C23H26N2O5S. The fourth-order valence-electron chi connectivity index (χ4n) is 4.02. The molecule has 0 radical (unpaired) electrons. The zero-order valence-corrected chi connectivity index (χ0v) is 18.3. The number of carbonyl (C=O) groups excluding carboxylic acids is 3. The SMILES string of the molecule is CCOC(=O)C1CCN(C(=O)c2ccc([C@@H]3SCC(=O)N3Cc3ccco3)cc2)CC1. The van der Waals surface area contributed by atoms with Crippen LogP contribution in [0.4, 0.5) is 0 Å². The summed E-state index contributed by atoms with van der Waals surface area (Å²) in [5.41, 5.74) is 1.60. The summed E-state index contributed by atoms with van der Waals surface area (Å²) in [6, 6.07) is 11.2. The Morgan fingerprint density at radius 2 is 1.90 bits per heavy atom. The highest BCUT2D eigenvalue weighted by Gasteiger charge is 2.34. The third kappa shape index (κ3) is 4.79. The van der Waals surface area contributed by atoms with E-state index in [9.17, 15) is 14.4 Å². The zero-order chi connectivity index (χ0) is 21.8. The van der Waals surface area contributed by atoms with Crippen LogP contribution in [0, 0.1) is 5.92 Å². The van der Waals surface area contributed by atoms with E-state index in [0.717, 1.165) is 11.3 Å². The molecule has 1 aromatic carbocycles. The molecule has 2 aliphatic rings. The second-order valence-corrected chi connectivity index (χ2v) is 8.77. The predicted octanol–water partition coefficient (Wildman–Crippen LogP) is 3.47. The summed E-state index contributed by atoms with van der Waals surface area (Å²) in [5, 5.41) is -0.0953. The van der Waals surface area contributed by atoms with Crippen LogP contribution in [0.3, 0.4) is 0 Å². The number of likely N-dealkylation sites (tertiary alicyclic amines) is 1. The largest absolute Gasteiger partial charge is 0.467 e. The molecule has 2 amide bonds. The van der Waals surface area contributed by atoms with Crippen LogP contribution in [0.2, 0.25) is 0 Å². The molecule has 4 rings (SSSR count). The first kappa shape index (κ1) is 21.5. The fraction of sp³-hybridized carbons (Fsp3) is 0.435. The van der Waals surface area contributed by atoms with E-state index in [2.05, 4.69) is 0 Å². The Kier molecular flexibility index (Phi) is 6.65. The van der Waals surface area contributed by atoms with Crippen LogP contribution in [-0.4, -0.2) is 53.0 Å². The molecule has 0 saturated carbocycles. The minimum Gasteiger partial charge on any atom is -0.467 e. The van der Waals surface area contributed by atoms with Crippen molar-refractivity contribution in [3.63, 3.8) is 0 Å². The summed E-state index contributed by atoms with van der Waals surface area (Å²) in [5.74, 6) is 0.943. The molecule has 2 aromatic rings. The Labute approximate surface area is 185 Å². The summed E-state index contributed by atoms with van der Waals surface area (Å²) in [7, 11) is 0. The maximum Gasteiger partial charge on any atom is 0.309 e. The van der Waals surface area contributed by atoms with Gasteiger partial charge in [0.2, 0.25) is 5.91 Å². The lowest BCUT2D eigenvalue weighted by atomic mass is 9.96. The third-order valence-electron chi connectivity index (χ3n) is 5.72. The van der Waals surface area contributed by atoms with Crippen molar-refractivity contribution in [1.82, 2.24) is 9.80 Å². The number of esters is 1. The van der Waals surface area contributed by atoms with Crippen LogP contribution in [0.1, 0.15) is 46.8 Å². The van der Waals surface area contributed by atoms with Gasteiger partial charge in [-0.25, -0.2) is 0 Å². The van der Waals surface area contributed by atoms with E-state index in [0.29, 0.717) is 50.4 Å². The van der Waals surface area contributed by atoms with E-state index in [1.165, 1.54) is 0 Å². The number of furan rings is 1. The van der Waals surface area contributed by atoms with Crippen LogP contribution in [0.5, 0.6) is 0 Å². The number of nitrogens with zero attached hydrogens (tertiary/aromatic N) is 2. The quantitative estimate of drug-likeness (QED) is 0.638. The van der Waals surface area contributed by atoms with Gasteiger partial charge in [-0.2, -0.15) is 0 Å². The maximum absolute atomic E-state index is 12.9. The average Bonchev–Trinajstić information content (AvgIpc) is 3.44. The van der Waals surface area contributed by atoms with Crippen molar-refractivity contribution >= 4 is 29.5 Å². The van der Waals surface area contributed by atoms with Gasteiger partial charge in [0, 0.05) is 18.7 Å². The van der Waals surface area contributed by atoms with Gasteiger partial charge in [-0.05, 0) is 49.6 Å². The van der Waals surface area contributed by atoms with E-state index in [1.807, 2.05) is 36.4 Å². The van der Waals surface area contributed by atoms with Crippen molar-refractivity contribution in [3.05, 3.63) is 59.5 Å². The molecule has 1 atom stereocenters. The van der Waals surface area contributed by atoms with Crippen LogP contribution in [0.15, 0.2) is 47.1 Å². The number of amides is 2. The van der Waals surface area contributed by atoms with Crippen molar-refractivity contribution in [1.29, 1.82) is 0 Å². The summed E-state index contributed by atoms with van der Waals surface area (Å²) >= 11 is 1.58. The predicted molar refractivity (Wildman–Crippen MR) is 116 cm³/mol. The number of rotatable bonds is 6. The minimum atomic E-state index is -0.165. The Morgan fingerprint density at radius 1 is 1.16 bits per heavy atom. The van der Waals surface area contributed by atoms with Crippen molar-refractivity contribution in [3.8, 4) is 0 Å². The zero-order valence-electron chi connectivity index (χ0n) is 17.5. The lowest BCUT2D eigenvalue weighted by Crippen LogP contribution is -2.40. The van der Waals surface area contributed by atoms with E-state index in [-0.39, 0.29) is 29.1 Å². The smallest absolute Gasteiger partial charge is 0.309 e. The second kappa shape index (κ2) is 9.60. The Morgan fingerprint density at radius 3 is 2.55 bits per heavy atom. The molecule has 3 heterocycles. The minimum absolute atomic E-state index is 0.0311. The van der Waals surface area contributed by atoms with Crippen molar-refractivity contribution in [2.75, 3.05) is 25.4 Å². The Bertz CT molecular complexity index is 920. The average molecular weight is 443 g/mol. The van der Waals surface area contributed by atoms with Crippen molar-refractivity contribution < 1.29 is 23.5 Å². The molecule has 2 saturated heterocycles. The van der Waals surface area contributed by atoms with Crippen LogP contribution in [-0.2, 0) is 20.9 Å². The second-order valence-electron chi connectivity index (χ2n) is 7.70. The van der Waals surface area contributed by atoms with Crippen LogP contribution >= 0.6 is 11.8 Å². The van der Waals surface area contributed by atoms with Crippen molar-refractivity contribution in [2.24, 2.45) is 5.92 Å². The van der Waals surface area contributed by atoms with Gasteiger partial charge < -0.3 is 19.0 Å². The third-order valence-corrected chi connectivity index (χ3v) is 6.98.